The van der Waals surface area contributed by atoms with Gasteiger partial charge in [-0.15, -0.1) is 0 Å². The SMILES string of the molecule is O=C(COC(=O)c1cccc(C(=O)OCC(=O)c2ccc(Cl)cc2)n1)c1ccc(Cl)cc1. The van der Waals surface area contributed by atoms with Crippen LogP contribution in [-0.4, -0.2) is 41.7 Å². The molecule has 0 spiro atoms. The zero-order valence-corrected chi connectivity index (χ0v) is 17.9. The number of hydrogen-bond acceptors (Lipinski definition) is 7. The smallest absolute Gasteiger partial charge is 0.357 e. The Balaban J connectivity index is 1.56. The minimum Gasteiger partial charge on any atom is -0.453 e. The van der Waals surface area contributed by atoms with Crippen molar-refractivity contribution >= 4 is 46.7 Å². The van der Waals surface area contributed by atoms with Crippen LogP contribution in [-0.2, 0) is 9.47 Å². The largest absolute Gasteiger partial charge is 0.453 e. The minimum absolute atomic E-state index is 0.188. The van der Waals surface area contributed by atoms with Crippen molar-refractivity contribution in [3.8, 4) is 0 Å². The van der Waals surface area contributed by atoms with Crippen molar-refractivity contribution in [3.63, 3.8) is 0 Å². The number of aromatic nitrogens is 1. The van der Waals surface area contributed by atoms with E-state index in [0.29, 0.717) is 21.2 Å². The Bertz CT molecular complexity index is 1070. The Labute approximate surface area is 192 Å². The van der Waals surface area contributed by atoms with Gasteiger partial charge in [-0.1, -0.05) is 29.3 Å². The van der Waals surface area contributed by atoms with Gasteiger partial charge in [0.2, 0.25) is 0 Å². The topological polar surface area (TPSA) is 99.6 Å². The Kier molecular flexibility index (Phi) is 7.70. The van der Waals surface area contributed by atoms with Gasteiger partial charge in [-0.2, -0.15) is 0 Å². The molecule has 7 nitrogen and oxygen atoms in total. The summed E-state index contributed by atoms with van der Waals surface area (Å²) in [5.41, 5.74) is 0.287. The van der Waals surface area contributed by atoms with Gasteiger partial charge in [-0.05, 0) is 60.7 Å². The number of nitrogens with zero attached hydrogens (tertiary/aromatic N) is 1. The second-order valence-electron chi connectivity index (χ2n) is 6.42. The number of esters is 2. The number of ether oxygens (including phenoxy) is 2. The number of benzene rings is 2. The summed E-state index contributed by atoms with van der Waals surface area (Å²) in [4.78, 5) is 52.5. The van der Waals surface area contributed by atoms with Crippen LogP contribution in [0, 0.1) is 0 Å². The lowest BCUT2D eigenvalue weighted by molar-refractivity contribution is 0.0456. The highest BCUT2D eigenvalue weighted by atomic mass is 35.5. The molecule has 3 aromatic rings. The summed E-state index contributed by atoms with van der Waals surface area (Å²) in [5, 5.41) is 0.947. The molecule has 2 aromatic carbocycles. The summed E-state index contributed by atoms with van der Waals surface area (Å²) < 4.78 is 9.95. The Morgan fingerprint density at radius 3 is 1.38 bits per heavy atom. The van der Waals surface area contributed by atoms with Gasteiger partial charge in [0.1, 0.15) is 11.4 Å². The third-order valence-corrected chi connectivity index (χ3v) is 4.67. The van der Waals surface area contributed by atoms with E-state index in [-0.39, 0.29) is 11.4 Å². The van der Waals surface area contributed by atoms with Crippen LogP contribution in [0.2, 0.25) is 10.0 Å². The molecule has 0 bridgehead atoms. The lowest BCUT2D eigenvalue weighted by Gasteiger charge is -2.07. The monoisotopic (exact) mass is 471 g/mol. The molecule has 1 heterocycles. The first kappa shape index (κ1) is 23.1. The van der Waals surface area contributed by atoms with Crippen LogP contribution in [0.1, 0.15) is 41.7 Å². The highest BCUT2D eigenvalue weighted by Crippen LogP contribution is 2.12. The lowest BCUT2D eigenvalue weighted by atomic mass is 10.1. The van der Waals surface area contributed by atoms with E-state index in [0.717, 1.165) is 0 Å². The summed E-state index contributed by atoms with van der Waals surface area (Å²) in [6.07, 6.45) is 0. The number of hydrogen-bond donors (Lipinski definition) is 0. The predicted molar refractivity (Wildman–Crippen MR) is 116 cm³/mol. The first-order valence-corrected chi connectivity index (χ1v) is 9.98. The van der Waals surface area contributed by atoms with Gasteiger partial charge in [0.05, 0.1) is 0 Å². The predicted octanol–water partition coefficient (Wildman–Crippen LogP) is 4.47. The fourth-order valence-electron chi connectivity index (χ4n) is 2.51. The highest BCUT2D eigenvalue weighted by molar-refractivity contribution is 6.31. The molecular formula is C23H15Cl2NO6. The van der Waals surface area contributed by atoms with Crippen LogP contribution >= 0.6 is 23.2 Å². The quantitative estimate of drug-likeness (QED) is 0.352. The molecule has 0 radical (unpaired) electrons. The Hall–Kier alpha value is -3.55. The van der Waals surface area contributed by atoms with E-state index in [9.17, 15) is 19.2 Å². The molecule has 162 valence electrons. The van der Waals surface area contributed by atoms with Gasteiger partial charge in [0.25, 0.3) is 0 Å². The Morgan fingerprint density at radius 1 is 0.625 bits per heavy atom. The molecular weight excluding hydrogens is 457 g/mol. The normalized spacial score (nSPS) is 10.3. The number of rotatable bonds is 8. The molecule has 0 atom stereocenters. The molecule has 0 N–H and O–H groups in total. The molecule has 0 aliphatic carbocycles. The third kappa shape index (κ3) is 6.23. The van der Waals surface area contributed by atoms with Crippen LogP contribution in [0.25, 0.3) is 0 Å². The Morgan fingerprint density at radius 2 is 1.00 bits per heavy atom. The van der Waals surface area contributed by atoms with E-state index >= 15 is 0 Å². The summed E-state index contributed by atoms with van der Waals surface area (Å²) in [7, 11) is 0. The second-order valence-corrected chi connectivity index (χ2v) is 7.29. The van der Waals surface area contributed by atoms with Crippen molar-refractivity contribution in [2.75, 3.05) is 13.2 Å². The maximum atomic E-state index is 12.2. The first-order valence-electron chi connectivity index (χ1n) is 9.22. The molecule has 32 heavy (non-hydrogen) atoms. The van der Waals surface area contributed by atoms with E-state index in [2.05, 4.69) is 4.98 Å². The van der Waals surface area contributed by atoms with E-state index in [1.807, 2.05) is 0 Å². The molecule has 0 saturated carbocycles. The molecule has 0 aliphatic heterocycles. The molecule has 3 rings (SSSR count). The first-order chi connectivity index (χ1) is 15.3. The van der Waals surface area contributed by atoms with Gasteiger partial charge in [-0.3, -0.25) is 9.59 Å². The summed E-state index contributed by atoms with van der Waals surface area (Å²) in [6.45, 7) is -1.02. The highest BCUT2D eigenvalue weighted by Gasteiger charge is 2.17. The van der Waals surface area contributed by atoms with Gasteiger partial charge in [-0.25, -0.2) is 14.6 Å². The van der Waals surface area contributed by atoms with Crippen LogP contribution in [0.15, 0.2) is 66.7 Å². The van der Waals surface area contributed by atoms with E-state index in [1.165, 1.54) is 42.5 Å². The number of Topliss-reactive ketones (excluding diaryl/α,β-unsaturated/α-hetero) is 2. The van der Waals surface area contributed by atoms with Crippen LogP contribution in [0.5, 0.6) is 0 Å². The fourth-order valence-corrected chi connectivity index (χ4v) is 2.76. The third-order valence-electron chi connectivity index (χ3n) is 4.17. The van der Waals surface area contributed by atoms with Crippen molar-refractivity contribution in [1.82, 2.24) is 4.98 Å². The van der Waals surface area contributed by atoms with Crippen molar-refractivity contribution in [1.29, 1.82) is 0 Å². The van der Waals surface area contributed by atoms with Crippen LogP contribution in [0.3, 0.4) is 0 Å². The standard InChI is InChI=1S/C23H15Cl2NO6/c24-16-8-4-14(5-9-16)20(27)12-31-22(29)18-2-1-3-19(26-18)23(30)32-13-21(28)15-6-10-17(25)11-7-15/h1-11H,12-13H2. The van der Waals surface area contributed by atoms with Gasteiger partial charge in [0.15, 0.2) is 24.8 Å². The maximum absolute atomic E-state index is 12.2. The zero-order valence-electron chi connectivity index (χ0n) is 16.4. The van der Waals surface area contributed by atoms with Crippen molar-refractivity contribution in [3.05, 3.63) is 99.3 Å². The van der Waals surface area contributed by atoms with Crippen molar-refractivity contribution < 1.29 is 28.7 Å². The number of carbonyl (C=O) groups is 4. The summed E-state index contributed by atoms with van der Waals surface area (Å²) in [6, 6.07) is 16.3. The van der Waals surface area contributed by atoms with E-state index in [4.69, 9.17) is 32.7 Å². The van der Waals surface area contributed by atoms with E-state index < -0.39 is 36.7 Å². The number of pyridine rings is 1. The summed E-state index contributed by atoms with van der Waals surface area (Å²) >= 11 is 11.5. The van der Waals surface area contributed by atoms with Crippen LogP contribution < -0.4 is 0 Å². The molecule has 0 fully saturated rings. The molecule has 1 aromatic heterocycles. The number of halogens is 2. The average Bonchev–Trinajstić information content (AvgIpc) is 2.81. The number of ketones is 2. The zero-order chi connectivity index (χ0) is 23.1. The van der Waals surface area contributed by atoms with Crippen molar-refractivity contribution in [2.24, 2.45) is 0 Å². The maximum Gasteiger partial charge on any atom is 0.357 e. The molecule has 0 unspecified atom stereocenters. The van der Waals surface area contributed by atoms with Gasteiger partial charge < -0.3 is 9.47 Å². The lowest BCUT2D eigenvalue weighted by Crippen LogP contribution is -2.18. The molecule has 0 aliphatic rings. The fraction of sp³-hybridized carbons (Fsp3) is 0.0870. The van der Waals surface area contributed by atoms with Crippen molar-refractivity contribution in [2.45, 2.75) is 0 Å². The molecule has 0 amide bonds. The molecule has 9 heteroatoms. The second kappa shape index (κ2) is 10.7. The summed E-state index contributed by atoms with van der Waals surface area (Å²) in [5.74, 6) is -2.63. The van der Waals surface area contributed by atoms with Gasteiger partial charge >= 0.3 is 11.9 Å². The van der Waals surface area contributed by atoms with Gasteiger partial charge in [0, 0.05) is 21.2 Å². The number of carbonyl (C=O) groups excluding carboxylic acids is 4. The van der Waals surface area contributed by atoms with Crippen LogP contribution in [0.4, 0.5) is 0 Å². The average molecular weight is 472 g/mol. The molecule has 0 saturated heterocycles. The van der Waals surface area contributed by atoms with E-state index in [1.54, 1.807) is 24.3 Å². The minimum atomic E-state index is -0.890.